The Kier molecular flexibility index (Phi) is 6.69. The van der Waals surface area contributed by atoms with Gasteiger partial charge in [-0.2, -0.15) is 0 Å². The molecule has 2 N–H and O–H groups in total. The Bertz CT molecular complexity index is 524. The van der Waals surface area contributed by atoms with E-state index in [1.807, 2.05) is 31.2 Å². The van der Waals surface area contributed by atoms with E-state index >= 15 is 0 Å². The van der Waals surface area contributed by atoms with Crippen molar-refractivity contribution in [1.82, 2.24) is 10.2 Å². The third-order valence-corrected chi connectivity index (χ3v) is 4.29. The molecule has 0 bridgehead atoms. The number of ether oxygens (including phenoxy) is 1. The molecule has 1 aromatic carbocycles. The van der Waals surface area contributed by atoms with Gasteiger partial charge in [-0.25, -0.2) is 4.79 Å². The van der Waals surface area contributed by atoms with Crippen molar-refractivity contribution in [3.63, 3.8) is 0 Å². The Labute approximate surface area is 142 Å². The zero-order valence-electron chi connectivity index (χ0n) is 13.7. The Morgan fingerprint density at radius 1 is 1.57 bits per heavy atom. The number of aliphatic hydroxyl groups is 1. The number of hydrogen-bond acceptors (Lipinski definition) is 3. The summed E-state index contributed by atoms with van der Waals surface area (Å²) in [7, 11) is 0. The summed E-state index contributed by atoms with van der Waals surface area (Å²) >= 11 is 6.04. The minimum absolute atomic E-state index is 0.0868. The molecule has 2 amide bonds. The smallest absolute Gasteiger partial charge is 0.318 e. The maximum Gasteiger partial charge on any atom is 0.318 e. The Morgan fingerprint density at radius 2 is 2.35 bits per heavy atom. The van der Waals surface area contributed by atoms with Gasteiger partial charge in [-0.1, -0.05) is 30.7 Å². The van der Waals surface area contributed by atoms with E-state index in [2.05, 4.69) is 5.32 Å². The van der Waals surface area contributed by atoms with E-state index in [0.717, 1.165) is 12.0 Å². The normalized spacial score (nSPS) is 20.9. The summed E-state index contributed by atoms with van der Waals surface area (Å²) in [5.41, 5.74) is 0.994. The molecule has 6 heteroatoms. The van der Waals surface area contributed by atoms with Gasteiger partial charge < -0.3 is 20.1 Å². The lowest BCUT2D eigenvalue weighted by atomic mass is 10.0. The SMILES string of the molecule is CC[C@H](NC(=O)N1CCOC[C@H]1C[C@H](C)O)c1cccc(Cl)c1. The first-order chi connectivity index (χ1) is 11.0. The number of hydrogen-bond donors (Lipinski definition) is 2. The van der Waals surface area contributed by atoms with E-state index in [-0.39, 0.29) is 18.1 Å². The number of morpholine rings is 1. The number of rotatable bonds is 5. The first kappa shape index (κ1) is 18.0. The van der Waals surface area contributed by atoms with Crippen LogP contribution < -0.4 is 5.32 Å². The number of benzene rings is 1. The summed E-state index contributed by atoms with van der Waals surface area (Å²) in [6.45, 7) is 5.28. The van der Waals surface area contributed by atoms with Crippen molar-refractivity contribution in [2.24, 2.45) is 0 Å². The van der Waals surface area contributed by atoms with Crippen molar-refractivity contribution in [3.05, 3.63) is 34.9 Å². The molecule has 0 saturated carbocycles. The molecule has 3 atom stereocenters. The molecule has 0 radical (unpaired) electrons. The number of halogens is 1. The average Bonchev–Trinajstić information content (AvgIpc) is 2.52. The van der Waals surface area contributed by atoms with E-state index in [0.29, 0.717) is 31.2 Å². The zero-order chi connectivity index (χ0) is 16.8. The summed E-state index contributed by atoms with van der Waals surface area (Å²) in [5, 5.41) is 13.3. The number of amides is 2. The van der Waals surface area contributed by atoms with Gasteiger partial charge in [-0.05, 0) is 37.5 Å². The minimum Gasteiger partial charge on any atom is -0.393 e. The van der Waals surface area contributed by atoms with Crippen molar-refractivity contribution in [2.45, 2.75) is 44.9 Å². The van der Waals surface area contributed by atoms with Crippen LogP contribution in [0.1, 0.15) is 38.3 Å². The third kappa shape index (κ3) is 5.09. The fourth-order valence-corrected chi connectivity index (χ4v) is 3.09. The quantitative estimate of drug-likeness (QED) is 0.866. The summed E-state index contributed by atoms with van der Waals surface area (Å²) in [4.78, 5) is 14.4. The van der Waals surface area contributed by atoms with Gasteiger partial charge in [0.1, 0.15) is 0 Å². The number of urea groups is 1. The van der Waals surface area contributed by atoms with Gasteiger partial charge >= 0.3 is 6.03 Å². The third-order valence-electron chi connectivity index (χ3n) is 4.06. The highest BCUT2D eigenvalue weighted by Crippen LogP contribution is 2.21. The largest absolute Gasteiger partial charge is 0.393 e. The minimum atomic E-state index is -0.466. The van der Waals surface area contributed by atoms with Crippen LogP contribution in [0.2, 0.25) is 5.02 Å². The van der Waals surface area contributed by atoms with Crippen LogP contribution in [0.4, 0.5) is 4.79 Å². The lowest BCUT2D eigenvalue weighted by Gasteiger charge is -2.37. The average molecular weight is 341 g/mol. The van der Waals surface area contributed by atoms with Crippen molar-refractivity contribution in [3.8, 4) is 0 Å². The molecule has 0 spiro atoms. The standard InChI is InChI=1S/C17H25ClN2O3/c1-3-16(13-5-4-6-14(18)10-13)19-17(22)20-7-8-23-11-15(20)9-12(2)21/h4-6,10,12,15-16,21H,3,7-9,11H2,1-2H3,(H,19,22)/t12-,15+,16-/m0/s1. The first-order valence-corrected chi connectivity index (χ1v) is 8.47. The fraction of sp³-hybridized carbons (Fsp3) is 0.588. The number of nitrogens with one attached hydrogen (secondary N) is 1. The Balaban J connectivity index is 2.05. The van der Waals surface area contributed by atoms with Crippen LogP contribution in [-0.2, 0) is 4.74 Å². The predicted octanol–water partition coefficient (Wildman–Crippen LogP) is 2.97. The molecule has 0 unspecified atom stereocenters. The van der Waals surface area contributed by atoms with Crippen LogP contribution in [0.15, 0.2) is 24.3 Å². The maximum absolute atomic E-state index is 12.7. The van der Waals surface area contributed by atoms with Crippen LogP contribution in [0.25, 0.3) is 0 Å². The molecular weight excluding hydrogens is 316 g/mol. The molecule has 1 saturated heterocycles. The molecule has 2 rings (SSSR count). The summed E-state index contributed by atoms with van der Waals surface area (Å²) in [6, 6.07) is 7.25. The van der Waals surface area contributed by atoms with Crippen molar-refractivity contribution in [1.29, 1.82) is 0 Å². The summed E-state index contributed by atoms with van der Waals surface area (Å²) in [6.07, 6.45) is 0.825. The highest BCUT2D eigenvalue weighted by Gasteiger charge is 2.29. The van der Waals surface area contributed by atoms with Crippen LogP contribution in [0.5, 0.6) is 0 Å². The molecule has 1 heterocycles. The van der Waals surface area contributed by atoms with Gasteiger partial charge in [0, 0.05) is 11.6 Å². The van der Waals surface area contributed by atoms with Gasteiger partial charge in [0.15, 0.2) is 0 Å². The second-order valence-electron chi connectivity index (χ2n) is 5.97. The number of carbonyl (C=O) groups is 1. The predicted molar refractivity (Wildman–Crippen MR) is 90.6 cm³/mol. The van der Waals surface area contributed by atoms with E-state index in [4.69, 9.17) is 16.3 Å². The molecule has 1 aliphatic heterocycles. The van der Waals surface area contributed by atoms with Gasteiger partial charge in [0.2, 0.25) is 0 Å². The van der Waals surface area contributed by atoms with Crippen LogP contribution >= 0.6 is 11.6 Å². The Hall–Kier alpha value is -1.30. The second-order valence-corrected chi connectivity index (χ2v) is 6.41. The lowest BCUT2D eigenvalue weighted by Crippen LogP contribution is -2.53. The highest BCUT2D eigenvalue weighted by atomic mass is 35.5. The van der Waals surface area contributed by atoms with E-state index in [1.165, 1.54) is 0 Å². The summed E-state index contributed by atoms with van der Waals surface area (Å²) < 4.78 is 5.44. The highest BCUT2D eigenvalue weighted by molar-refractivity contribution is 6.30. The molecule has 0 aliphatic carbocycles. The number of aliphatic hydroxyl groups excluding tert-OH is 1. The Morgan fingerprint density at radius 3 is 3.00 bits per heavy atom. The number of nitrogens with zero attached hydrogens (tertiary/aromatic N) is 1. The van der Waals surface area contributed by atoms with Gasteiger partial charge in [0.25, 0.3) is 0 Å². The van der Waals surface area contributed by atoms with Gasteiger partial charge in [-0.3, -0.25) is 0 Å². The molecule has 0 aromatic heterocycles. The zero-order valence-corrected chi connectivity index (χ0v) is 14.4. The van der Waals surface area contributed by atoms with Crippen LogP contribution in [0.3, 0.4) is 0 Å². The van der Waals surface area contributed by atoms with Gasteiger partial charge in [0.05, 0.1) is 31.4 Å². The molecule has 5 nitrogen and oxygen atoms in total. The maximum atomic E-state index is 12.7. The number of carbonyl (C=O) groups excluding carboxylic acids is 1. The van der Waals surface area contributed by atoms with Crippen molar-refractivity contribution >= 4 is 17.6 Å². The van der Waals surface area contributed by atoms with Crippen LogP contribution in [0, 0.1) is 0 Å². The van der Waals surface area contributed by atoms with Crippen molar-refractivity contribution in [2.75, 3.05) is 19.8 Å². The summed E-state index contributed by atoms with van der Waals surface area (Å²) in [5.74, 6) is 0. The molecular formula is C17H25ClN2O3. The van der Waals surface area contributed by atoms with Gasteiger partial charge in [-0.15, -0.1) is 0 Å². The molecule has 1 aliphatic rings. The topological polar surface area (TPSA) is 61.8 Å². The van der Waals surface area contributed by atoms with Crippen LogP contribution in [-0.4, -0.2) is 47.9 Å². The molecule has 128 valence electrons. The molecule has 1 aromatic rings. The lowest BCUT2D eigenvalue weighted by molar-refractivity contribution is -0.00486. The monoisotopic (exact) mass is 340 g/mol. The second kappa shape index (κ2) is 8.52. The fourth-order valence-electron chi connectivity index (χ4n) is 2.89. The molecule has 1 fully saturated rings. The first-order valence-electron chi connectivity index (χ1n) is 8.09. The van der Waals surface area contributed by atoms with E-state index in [9.17, 15) is 9.90 Å². The van der Waals surface area contributed by atoms with E-state index in [1.54, 1.807) is 11.8 Å². The van der Waals surface area contributed by atoms with E-state index < -0.39 is 6.10 Å². The molecule has 23 heavy (non-hydrogen) atoms. The van der Waals surface area contributed by atoms with Crippen molar-refractivity contribution < 1.29 is 14.6 Å².